The number of carbonyl (C=O) groups excluding carboxylic acids is 2. The Morgan fingerprint density at radius 3 is 2.35 bits per heavy atom. The highest BCUT2D eigenvalue weighted by molar-refractivity contribution is 5.94. The number of hydrogen-bond acceptors (Lipinski definition) is 3. The summed E-state index contributed by atoms with van der Waals surface area (Å²) in [6.45, 7) is 2.14. The van der Waals surface area contributed by atoms with Crippen molar-refractivity contribution < 1.29 is 9.59 Å². The lowest BCUT2D eigenvalue weighted by molar-refractivity contribution is -0.119. The molecule has 1 heterocycles. The molecule has 0 bridgehead atoms. The van der Waals surface area contributed by atoms with Crippen molar-refractivity contribution in [2.24, 2.45) is 5.73 Å². The molecule has 2 amide bonds. The molecule has 108 valence electrons. The van der Waals surface area contributed by atoms with Gasteiger partial charge < -0.3 is 16.0 Å². The van der Waals surface area contributed by atoms with E-state index in [-0.39, 0.29) is 18.4 Å². The van der Waals surface area contributed by atoms with Gasteiger partial charge in [-0.05, 0) is 37.0 Å². The average Bonchev–Trinajstić information content (AvgIpc) is 2.53. The summed E-state index contributed by atoms with van der Waals surface area (Å²) in [7, 11) is 0. The van der Waals surface area contributed by atoms with Crippen LogP contribution in [-0.2, 0) is 11.3 Å². The molecule has 1 saturated heterocycles. The molecule has 0 atom stereocenters. The summed E-state index contributed by atoms with van der Waals surface area (Å²) in [5, 5.41) is 2.70. The molecule has 0 aliphatic carbocycles. The highest BCUT2D eigenvalue weighted by Gasteiger charge is 2.17. The Morgan fingerprint density at radius 2 is 1.75 bits per heavy atom. The first kappa shape index (κ1) is 14.5. The van der Waals surface area contributed by atoms with Crippen LogP contribution in [0.5, 0.6) is 0 Å². The van der Waals surface area contributed by atoms with Crippen LogP contribution < -0.4 is 11.1 Å². The highest BCUT2D eigenvalue weighted by Crippen LogP contribution is 2.13. The molecule has 20 heavy (non-hydrogen) atoms. The molecule has 1 aromatic rings. The predicted molar refractivity (Wildman–Crippen MR) is 77.1 cm³/mol. The van der Waals surface area contributed by atoms with E-state index in [9.17, 15) is 9.59 Å². The monoisotopic (exact) mass is 275 g/mol. The fraction of sp³-hybridized carbons (Fsp3) is 0.467. The second-order valence-corrected chi connectivity index (χ2v) is 5.03. The number of carbonyl (C=O) groups is 2. The van der Waals surface area contributed by atoms with Crippen LogP contribution >= 0.6 is 0 Å². The Bertz CT molecular complexity index is 465. The molecule has 1 fully saturated rings. The normalized spacial score (nSPS) is 14.9. The van der Waals surface area contributed by atoms with Crippen molar-refractivity contribution in [1.29, 1.82) is 0 Å². The molecular formula is C15H21N3O2. The van der Waals surface area contributed by atoms with Crippen molar-refractivity contribution in [2.75, 3.05) is 19.6 Å². The first-order valence-electron chi connectivity index (χ1n) is 7.05. The Hall–Kier alpha value is -1.88. The lowest BCUT2D eigenvalue weighted by Gasteiger charge is -2.26. The van der Waals surface area contributed by atoms with Gasteiger partial charge in [-0.2, -0.15) is 0 Å². The van der Waals surface area contributed by atoms with E-state index in [0.717, 1.165) is 31.5 Å². The van der Waals surface area contributed by atoms with Crippen LogP contribution in [-0.4, -0.2) is 36.3 Å². The topological polar surface area (TPSA) is 75.4 Å². The molecule has 3 N–H and O–H groups in total. The molecule has 1 aliphatic heterocycles. The number of likely N-dealkylation sites (tertiary alicyclic amines) is 1. The summed E-state index contributed by atoms with van der Waals surface area (Å²) in [5.41, 5.74) is 6.89. The largest absolute Gasteiger partial charge is 0.351 e. The number of nitrogens with two attached hydrogens (primary N) is 1. The zero-order valence-corrected chi connectivity index (χ0v) is 11.6. The summed E-state index contributed by atoms with van der Waals surface area (Å²) in [4.78, 5) is 25.2. The zero-order chi connectivity index (χ0) is 14.4. The van der Waals surface area contributed by atoms with E-state index in [0.29, 0.717) is 12.1 Å². The van der Waals surface area contributed by atoms with Crippen molar-refractivity contribution in [3.8, 4) is 0 Å². The lowest BCUT2D eigenvalue weighted by atomic mass is 10.1. The van der Waals surface area contributed by atoms with Crippen LogP contribution in [0.15, 0.2) is 24.3 Å². The van der Waals surface area contributed by atoms with Crippen LogP contribution in [0.3, 0.4) is 0 Å². The third-order valence-electron chi connectivity index (χ3n) is 3.52. The van der Waals surface area contributed by atoms with E-state index in [1.165, 1.54) is 6.42 Å². The number of amides is 2. The van der Waals surface area contributed by atoms with Gasteiger partial charge in [0.25, 0.3) is 5.91 Å². The van der Waals surface area contributed by atoms with Gasteiger partial charge in [0.2, 0.25) is 5.91 Å². The lowest BCUT2D eigenvalue weighted by Crippen LogP contribution is -2.35. The Kier molecular flexibility index (Phi) is 5.12. The van der Waals surface area contributed by atoms with Gasteiger partial charge >= 0.3 is 0 Å². The minimum atomic E-state index is -0.182. The van der Waals surface area contributed by atoms with Crippen LogP contribution in [0, 0.1) is 0 Å². The van der Waals surface area contributed by atoms with Crippen LogP contribution in [0.2, 0.25) is 0 Å². The van der Waals surface area contributed by atoms with Crippen LogP contribution in [0.25, 0.3) is 0 Å². The molecule has 2 rings (SSSR count). The number of piperidine rings is 1. The second-order valence-electron chi connectivity index (χ2n) is 5.03. The summed E-state index contributed by atoms with van der Waals surface area (Å²) >= 11 is 0. The smallest absolute Gasteiger partial charge is 0.253 e. The molecule has 5 heteroatoms. The number of rotatable bonds is 4. The maximum Gasteiger partial charge on any atom is 0.253 e. The minimum Gasteiger partial charge on any atom is -0.351 e. The molecule has 1 aliphatic rings. The van der Waals surface area contributed by atoms with Crippen molar-refractivity contribution in [2.45, 2.75) is 25.8 Å². The van der Waals surface area contributed by atoms with E-state index < -0.39 is 0 Å². The highest BCUT2D eigenvalue weighted by atomic mass is 16.2. The molecule has 5 nitrogen and oxygen atoms in total. The maximum absolute atomic E-state index is 12.3. The Balaban J connectivity index is 1.93. The van der Waals surface area contributed by atoms with Crippen LogP contribution in [0.1, 0.15) is 35.2 Å². The van der Waals surface area contributed by atoms with Gasteiger partial charge in [-0.25, -0.2) is 0 Å². The molecule has 0 aromatic heterocycles. The number of nitrogens with one attached hydrogen (secondary N) is 1. The zero-order valence-electron chi connectivity index (χ0n) is 11.6. The molecular weight excluding hydrogens is 254 g/mol. The molecule has 0 spiro atoms. The third-order valence-corrected chi connectivity index (χ3v) is 3.52. The standard InChI is InChI=1S/C15H21N3O2/c16-10-14(19)17-11-12-4-6-13(7-5-12)15(20)18-8-2-1-3-9-18/h4-7H,1-3,8-11,16H2,(H,17,19). The first-order chi connectivity index (χ1) is 9.70. The van der Waals surface area contributed by atoms with Crippen molar-refractivity contribution >= 4 is 11.8 Å². The summed E-state index contributed by atoms with van der Waals surface area (Å²) < 4.78 is 0. The van der Waals surface area contributed by atoms with E-state index in [2.05, 4.69) is 5.32 Å². The van der Waals surface area contributed by atoms with Gasteiger partial charge in [0, 0.05) is 25.2 Å². The fourth-order valence-corrected chi connectivity index (χ4v) is 2.32. The number of hydrogen-bond donors (Lipinski definition) is 2. The third kappa shape index (κ3) is 3.81. The predicted octanol–water partition coefficient (Wildman–Crippen LogP) is 0.888. The molecule has 0 saturated carbocycles. The Labute approximate surface area is 119 Å². The summed E-state index contributed by atoms with van der Waals surface area (Å²) in [5.74, 6) is -0.0827. The van der Waals surface area contributed by atoms with Crippen LogP contribution in [0.4, 0.5) is 0 Å². The van der Waals surface area contributed by atoms with Crippen molar-refractivity contribution in [3.05, 3.63) is 35.4 Å². The maximum atomic E-state index is 12.3. The van der Waals surface area contributed by atoms with Gasteiger partial charge in [-0.3, -0.25) is 9.59 Å². The van der Waals surface area contributed by atoms with Gasteiger partial charge in [0.15, 0.2) is 0 Å². The van der Waals surface area contributed by atoms with E-state index in [1.54, 1.807) is 0 Å². The second kappa shape index (κ2) is 7.05. The van der Waals surface area contributed by atoms with E-state index in [1.807, 2.05) is 29.2 Å². The number of nitrogens with zero attached hydrogens (tertiary/aromatic N) is 1. The molecule has 1 aromatic carbocycles. The Morgan fingerprint density at radius 1 is 1.10 bits per heavy atom. The minimum absolute atomic E-state index is 0.00840. The summed E-state index contributed by atoms with van der Waals surface area (Å²) in [6.07, 6.45) is 3.40. The van der Waals surface area contributed by atoms with Crippen molar-refractivity contribution in [1.82, 2.24) is 10.2 Å². The summed E-state index contributed by atoms with van der Waals surface area (Å²) in [6, 6.07) is 7.38. The average molecular weight is 275 g/mol. The van der Waals surface area contributed by atoms with Gasteiger partial charge in [-0.1, -0.05) is 12.1 Å². The van der Waals surface area contributed by atoms with Gasteiger partial charge in [-0.15, -0.1) is 0 Å². The van der Waals surface area contributed by atoms with Crippen molar-refractivity contribution in [3.63, 3.8) is 0 Å². The van der Waals surface area contributed by atoms with E-state index in [4.69, 9.17) is 5.73 Å². The quantitative estimate of drug-likeness (QED) is 0.857. The number of benzene rings is 1. The molecule has 0 unspecified atom stereocenters. The fourth-order valence-electron chi connectivity index (χ4n) is 2.32. The van der Waals surface area contributed by atoms with Gasteiger partial charge in [0.1, 0.15) is 0 Å². The van der Waals surface area contributed by atoms with E-state index >= 15 is 0 Å². The molecule has 0 radical (unpaired) electrons. The first-order valence-corrected chi connectivity index (χ1v) is 7.05. The SMILES string of the molecule is NCC(=O)NCc1ccc(C(=O)N2CCCCC2)cc1. The van der Waals surface area contributed by atoms with Gasteiger partial charge in [0.05, 0.1) is 6.54 Å².